The lowest BCUT2D eigenvalue weighted by Crippen LogP contribution is -2.08. The van der Waals surface area contributed by atoms with Gasteiger partial charge >= 0.3 is 0 Å². The van der Waals surface area contributed by atoms with Gasteiger partial charge in [-0.2, -0.15) is 0 Å². The van der Waals surface area contributed by atoms with Crippen LogP contribution in [0.5, 0.6) is 0 Å². The molecule has 0 unspecified atom stereocenters. The molecule has 8 heteroatoms. The van der Waals surface area contributed by atoms with E-state index in [4.69, 9.17) is 0 Å². The summed E-state index contributed by atoms with van der Waals surface area (Å²) in [5.74, 6) is 0. The van der Waals surface area contributed by atoms with Crippen LogP contribution in [-0.2, 0) is 6.54 Å². The molecule has 0 spiro atoms. The second-order valence-electron chi connectivity index (χ2n) is 3.87. The lowest BCUT2D eigenvalue weighted by Gasteiger charge is -2.07. The highest BCUT2D eigenvalue weighted by atomic mass is 79.9. The number of nitro benzene ring substituents is 1. The first-order chi connectivity index (χ1) is 9.16. The summed E-state index contributed by atoms with van der Waals surface area (Å²) in [6.07, 6.45) is 4.20. The van der Waals surface area contributed by atoms with Crippen molar-refractivity contribution in [3.63, 3.8) is 0 Å². The van der Waals surface area contributed by atoms with Gasteiger partial charge in [-0.05, 0) is 18.6 Å². The number of halogens is 1. The Bertz CT molecular complexity index is 558. The topological polar surface area (TPSA) is 85.9 Å². The number of nitrogens with zero attached hydrogens (tertiary/aromatic N) is 4. The SMILES string of the molecule is O=[N+]([O-])c1ccc(Br)cc1NCCCn1ccnn1. The summed E-state index contributed by atoms with van der Waals surface area (Å²) >= 11 is 3.30. The Balaban J connectivity index is 1.91. The van der Waals surface area contributed by atoms with Crippen molar-refractivity contribution in [1.82, 2.24) is 15.0 Å². The maximum atomic E-state index is 10.9. The fourth-order valence-electron chi connectivity index (χ4n) is 1.63. The second kappa shape index (κ2) is 6.28. The molecule has 0 aliphatic rings. The summed E-state index contributed by atoms with van der Waals surface area (Å²) in [5.41, 5.74) is 0.585. The minimum absolute atomic E-state index is 0.0731. The van der Waals surface area contributed by atoms with Crippen molar-refractivity contribution in [3.8, 4) is 0 Å². The number of nitrogens with one attached hydrogen (secondary N) is 1. The predicted octanol–water partition coefficient (Wildman–Crippen LogP) is 2.45. The number of anilines is 1. The third-order valence-electron chi connectivity index (χ3n) is 2.51. The number of hydrogen-bond acceptors (Lipinski definition) is 5. The molecule has 2 rings (SSSR count). The molecule has 0 saturated heterocycles. The molecule has 1 aromatic heterocycles. The predicted molar refractivity (Wildman–Crippen MR) is 73.9 cm³/mol. The second-order valence-corrected chi connectivity index (χ2v) is 4.78. The summed E-state index contributed by atoms with van der Waals surface area (Å²) in [4.78, 5) is 10.5. The maximum absolute atomic E-state index is 10.9. The van der Waals surface area contributed by atoms with Gasteiger partial charge in [0.1, 0.15) is 5.69 Å². The first-order valence-corrected chi connectivity index (χ1v) is 6.48. The summed E-state index contributed by atoms with van der Waals surface area (Å²) < 4.78 is 2.52. The van der Waals surface area contributed by atoms with E-state index < -0.39 is 4.92 Å². The Morgan fingerprint density at radius 2 is 2.32 bits per heavy atom. The molecule has 0 aliphatic carbocycles. The highest BCUT2D eigenvalue weighted by Gasteiger charge is 2.12. The highest BCUT2D eigenvalue weighted by Crippen LogP contribution is 2.27. The van der Waals surface area contributed by atoms with E-state index in [1.165, 1.54) is 6.07 Å². The van der Waals surface area contributed by atoms with Crippen molar-refractivity contribution in [1.29, 1.82) is 0 Å². The van der Waals surface area contributed by atoms with Crippen LogP contribution >= 0.6 is 15.9 Å². The third kappa shape index (κ3) is 3.75. The number of aromatic nitrogens is 3. The quantitative estimate of drug-likeness (QED) is 0.501. The van der Waals surface area contributed by atoms with Gasteiger partial charge in [0.05, 0.1) is 11.1 Å². The van der Waals surface area contributed by atoms with E-state index in [9.17, 15) is 10.1 Å². The molecule has 2 aromatic rings. The Morgan fingerprint density at radius 1 is 1.47 bits per heavy atom. The summed E-state index contributed by atoms with van der Waals surface area (Å²) in [6.45, 7) is 1.34. The van der Waals surface area contributed by atoms with Crippen molar-refractivity contribution in [2.45, 2.75) is 13.0 Å². The molecule has 0 aliphatic heterocycles. The first kappa shape index (κ1) is 13.5. The van der Waals surface area contributed by atoms with Gasteiger partial charge in [0.2, 0.25) is 0 Å². The summed E-state index contributed by atoms with van der Waals surface area (Å²) in [5, 5.41) is 21.5. The summed E-state index contributed by atoms with van der Waals surface area (Å²) in [7, 11) is 0. The average Bonchev–Trinajstić information content (AvgIpc) is 2.87. The standard InChI is InChI=1S/C11H12BrN5O2/c12-9-2-3-11(17(18)19)10(8-9)13-4-1-6-16-7-5-14-15-16/h2-3,5,7-8,13H,1,4,6H2. The zero-order valence-electron chi connectivity index (χ0n) is 9.99. The van der Waals surface area contributed by atoms with Crippen LogP contribution in [0.25, 0.3) is 0 Å². The number of aryl methyl sites for hydroxylation is 1. The number of rotatable bonds is 6. The van der Waals surface area contributed by atoms with Gasteiger partial charge < -0.3 is 5.32 Å². The van der Waals surface area contributed by atoms with Crippen LogP contribution in [0.1, 0.15) is 6.42 Å². The first-order valence-electron chi connectivity index (χ1n) is 5.69. The van der Waals surface area contributed by atoms with Crippen LogP contribution in [-0.4, -0.2) is 26.5 Å². The van der Waals surface area contributed by atoms with Crippen LogP contribution in [0.4, 0.5) is 11.4 Å². The Labute approximate surface area is 117 Å². The van der Waals surface area contributed by atoms with Gasteiger partial charge in [-0.3, -0.25) is 14.8 Å². The van der Waals surface area contributed by atoms with Crippen LogP contribution in [0.3, 0.4) is 0 Å². The zero-order valence-corrected chi connectivity index (χ0v) is 11.6. The third-order valence-corrected chi connectivity index (χ3v) is 3.00. The van der Waals surface area contributed by atoms with E-state index in [0.717, 1.165) is 17.4 Å². The molecule has 0 radical (unpaired) electrons. The van der Waals surface area contributed by atoms with Crippen molar-refractivity contribution < 1.29 is 4.92 Å². The zero-order chi connectivity index (χ0) is 13.7. The molecule has 1 aromatic carbocycles. The summed E-state index contributed by atoms with van der Waals surface area (Å²) in [6, 6.07) is 4.83. The fraction of sp³-hybridized carbons (Fsp3) is 0.273. The molecule has 19 heavy (non-hydrogen) atoms. The van der Waals surface area contributed by atoms with Crippen molar-refractivity contribution in [2.75, 3.05) is 11.9 Å². The molecule has 1 N–H and O–H groups in total. The highest BCUT2D eigenvalue weighted by molar-refractivity contribution is 9.10. The van der Waals surface area contributed by atoms with Crippen LogP contribution in [0.15, 0.2) is 35.1 Å². The van der Waals surface area contributed by atoms with Crippen molar-refractivity contribution in [3.05, 3.63) is 45.2 Å². The van der Waals surface area contributed by atoms with Crippen LogP contribution in [0.2, 0.25) is 0 Å². The van der Waals surface area contributed by atoms with Gasteiger partial charge in [0, 0.05) is 29.8 Å². The van der Waals surface area contributed by atoms with Gasteiger partial charge in [0.15, 0.2) is 0 Å². The molecule has 0 saturated carbocycles. The molecule has 7 nitrogen and oxygen atoms in total. The minimum Gasteiger partial charge on any atom is -0.379 e. The number of nitro groups is 1. The largest absolute Gasteiger partial charge is 0.379 e. The van der Waals surface area contributed by atoms with Crippen LogP contribution < -0.4 is 5.32 Å². The molecular formula is C11H12BrN5O2. The van der Waals surface area contributed by atoms with Gasteiger partial charge in [-0.1, -0.05) is 21.1 Å². The number of benzene rings is 1. The fourth-order valence-corrected chi connectivity index (χ4v) is 1.99. The Kier molecular flexibility index (Phi) is 4.45. The number of hydrogen-bond donors (Lipinski definition) is 1. The Hall–Kier alpha value is -1.96. The van der Waals surface area contributed by atoms with E-state index in [2.05, 4.69) is 31.6 Å². The monoisotopic (exact) mass is 325 g/mol. The minimum atomic E-state index is -0.397. The molecule has 100 valence electrons. The van der Waals surface area contributed by atoms with Crippen molar-refractivity contribution in [2.24, 2.45) is 0 Å². The van der Waals surface area contributed by atoms with Gasteiger partial charge in [-0.15, -0.1) is 5.10 Å². The lowest BCUT2D eigenvalue weighted by atomic mass is 10.2. The molecule has 0 atom stereocenters. The molecule has 0 fully saturated rings. The normalized spacial score (nSPS) is 10.4. The van der Waals surface area contributed by atoms with E-state index in [1.807, 2.05) is 0 Å². The van der Waals surface area contributed by atoms with E-state index in [0.29, 0.717) is 12.2 Å². The van der Waals surface area contributed by atoms with Gasteiger partial charge in [0.25, 0.3) is 5.69 Å². The van der Waals surface area contributed by atoms with E-state index in [1.54, 1.807) is 29.2 Å². The molecular weight excluding hydrogens is 314 g/mol. The lowest BCUT2D eigenvalue weighted by molar-refractivity contribution is -0.384. The maximum Gasteiger partial charge on any atom is 0.292 e. The van der Waals surface area contributed by atoms with E-state index in [-0.39, 0.29) is 5.69 Å². The molecule has 0 bridgehead atoms. The van der Waals surface area contributed by atoms with E-state index >= 15 is 0 Å². The average molecular weight is 326 g/mol. The van der Waals surface area contributed by atoms with Crippen molar-refractivity contribution >= 4 is 27.3 Å². The molecule has 1 heterocycles. The smallest absolute Gasteiger partial charge is 0.292 e. The van der Waals surface area contributed by atoms with Crippen LogP contribution in [0, 0.1) is 10.1 Å². The molecule has 0 amide bonds. The van der Waals surface area contributed by atoms with Gasteiger partial charge in [-0.25, -0.2) is 0 Å². The Morgan fingerprint density at radius 3 is 3.00 bits per heavy atom.